The quantitative estimate of drug-likeness (QED) is 0.774. The number of H-pyrrole nitrogens is 1. The smallest absolute Gasteiger partial charge is 0.172 e. The summed E-state index contributed by atoms with van der Waals surface area (Å²) < 4.78 is 5.20. The second-order valence-electron chi connectivity index (χ2n) is 4.63. The predicted octanol–water partition coefficient (Wildman–Crippen LogP) is 3.17. The van der Waals surface area contributed by atoms with Crippen molar-refractivity contribution in [2.75, 3.05) is 7.11 Å². The molecule has 0 saturated carbocycles. The Morgan fingerprint density at radius 2 is 2.14 bits per heavy atom. The minimum absolute atomic E-state index is 0.507. The van der Waals surface area contributed by atoms with Gasteiger partial charge in [-0.05, 0) is 48.5 Å². The zero-order valence-corrected chi connectivity index (χ0v) is 12.5. The van der Waals surface area contributed by atoms with E-state index in [2.05, 4.69) is 15.0 Å². The van der Waals surface area contributed by atoms with Crippen molar-refractivity contribution < 1.29 is 9.84 Å². The minimum Gasteiger partial charge on any atom is -0.497 e. The number of aromatic amines is 1. The third kappa shape index (κ3) is 3.01. The summed E-state index contributed by atoms with van der Waals surface area (Å²) in [6.45, 7) is 1.73. The molecule has 21 heavy (non-hydrogen) atoms. The fourth-order valence-corrected chi connectivity index (χ4v) is 2.79. The van der Waals surface area contributed by atoms with E-state index in [1.54, 1.807) is 26.3 Å². The molecule has 0 radical (unpaired) electrons. The molecule has 0 aliphatic rings. The van der Waals surface area contributed by atoms with E-state index in [9.17, 15) is 5.11 Å². The van der Waals surface area contributed by atoms with Gasteiger partial charge in [0.15, 0.2) is 5.16 Å². The second kappa shape index (κ2) is 5.75. The van der Waals surface area contributed by atoms with Crippen molar-refractivity contribution in [1.29, 1.82) is 0 Å². The number of rotatable bonds is 4. The van der Waals surface area contributed by atoms with Gasteiger partial charge in [0, 0.05) is 12.3 Å². The molecule has 2 N–H and O–H groups in total. The fraction of sp³-hybridized carbons (Fsp3) is 0.200. The van der Waals surface area contributed by atoms with Gasteiger partial charge in [0.05, 0.1) is 24.2 Å². The van der Waals surface area contributed by atoms with Gasteiger partial charge in [0.25, 0.3) is 0 Å². The van der Waals surface area contributed by atoms with Crippen LogP contribution in [0.5, 0.6) is 5.75 Å². The highest BCUT2D eigenvalue weighted by molar-refractivity contribution is 7.99. The van der Waals surface area contributed by atoms with Crippen molar-refractivity contribution in [3.63, 3.8) is 0 Å². The van der Waals surface area contributed by atoms with Gasteiger partial charge in [-0.2, -0.15) is 0 Å². The minimum atomic E-state index is -0.507. The number of benzene rings is 1. The Hall–Kier alpha value is -2.05. The highest BCUT2D eigenvalue weighted by Crippen LogP contribution is 2.28. The maximum absolute atomic E-state index is 9.61. The van der Waals surface area contributed by atoms with Gasteiger partial charge in [0.2, 0.25) is 0 Å². The van der Waals surface area contributed by atoms with Crippen molar-refractivity contribution in [1.82, 2.24) is 15.0 Å². The molecule has 108 valence electrons. The molecule has 2 aromatic heterocycles. The predicted molar refractivity (Wildman–Crippen MR) is 81.6 cm³/mol. The molecule has 0 spiro atoms. The SMILES string of the molecule is COc1ccc2nc(Sc3cc([C@@H](C)O)ccn3)[nH]c2c1. The number of fused-ring (bicyclic) bond motifs is 1. The summed E-state index contributed by atoms with van der Waals surface area (Å²) >= 11 is 1.43. The number of nitrogens with one attached hydrogen (secondary N) is 1. The Labute approximate surface area is 126 Å². The van der Waals surface area contributed by atoms with Gasteiger partial charge >= 0.3 is 0 Å². The molecular weight excluding hydrogens is 286 g/mol. The van der Waals surface area contributed by atoms with Crippen LogP contribution in [0.1, 0.15) is 18.6 Å². The normalized spacial score (nSPS) is 12.5. The van der Waals surface area contributed by atoms with Gasteiger partial charge in [0.1, 0.15) is 10.8 Å². The van der Waals surface area contributed by atoms with Gasteiger partial charge in [-0.25, -0.2) is 9.97 Å². The van der Waals surface area contributed by atoms with E-state index in [0.29, 0.717) is 0 Å². The van der Waals surface area contributed by atoms with Crippen molar-refractivity contribution >= 4 is 22.8 Å². The van der Waals surface area contributed by atoms with Crippen LogP contribution in [0, 0.1) is 0 Å². The first-order valence-electron chi connectivity index (χ1n) is 6.51. The molecule has 0 unspecified atom stereocenters. The molecule has 3 rings (SSSR count). The molecule has 0 saturated heterocycles. The maximum Gasteiger partial charge on any atom is 0.172 e. The highest BCUT2D eigenvalue weighted by Gasteiger charge is 2.08. The Morgan fingerprint density at radius 3 is 2.90 bits per heavy atom. The van der Waals surface area contributed by atoms with E-state index in [-0.39, 0.29) is 0 Å². The molecule has 0 aliphatic carbocycles. The molecular formula is C15H15N3O2S. The molecule has 5 nitrogen and oxygen atoms in total. The first kappa shape index (κ1) is 13.9. The Bertz CT molecular complexity index is 770. The van der Waals surface area contributed by atoms with E-state index in [4.69, 9.17) is 4.74 Å². The monoisotopic (exact) mass is 301 g/mol. The first-order chi connectivity index (χ1) is 10.2. The van der Waals surface area contributed by atoms with Crippen LogP contribution in [0.15, 0.2) is 46.7 Å². The number of nitrogens with zero attached hydrogens (tertiary/aromatic N) is 2. The zero-order chi connectivity index (χ0) is 14.8. The molecule has 0 aliphatic heterocycles. The van der Waals surface area contributed by atoms with E-state index in [1.807, 2.05) is 24.3 Å². The lowest BCUT2D eigenvalue weighted by molar-refractivity contribution is 0.199. The van der Waals surface area contributed by atoms with Crippen LogP contribution in [0.2, 0.25) is 0 Å². The lowest BCUT2D eigenvalue weighted by atomic mass is 10.2. The summed E-state index contributed by atoms with van der Waals surface area (Å²) in [5, 5.41) is 11.2. The van der Waals surface area contributed by atoms with Gasteiger partial charge in [-0.15, -0.1) is 0 Å². The maximum atomic E-state index is 9.61. The summed E-state index contributed by atoms with van der Waals surface area (Å²) in [6.07, 6.45) is 1.18. The largest absolute Gasteiger partial charge is 0.497 e. The fourth-order valence-electron chi connectivity index (χ4n) is 1.98. The molecule has 6 heteroatoms. The Kier molecular flexibility index (Phi) is 3.81. The van der Waals surface area contributed by atoms with Crippen molar-refractivity contribution in [2.24, 2.45) is 0 Å². The van der Waals surface area contributed by atoms with Crippen molar-refractivity contribution in [3.05, 3.63) is 42.1 Å². The topological polar surface area (TPSA) is 71.0 Å². The molecule has 0 amide bonds. The third-order valence-corrected chi connectivity index (χ3v) is 3.93. The summed E-state index contributed by atoms with van der Waals surface area (Å²) in [5.74, 6) is 0.789. The average molecular weight is 301 g/mol. The number of imidazole rings is 1. The van der Waals surface area contributed by atoms with Crippen LogP contribution in [-0.2, 0) is 0 Å². The highest BCUT2D eigenvalue weighted by atomic mass is 32.2. The van der Waals surface area contributed by atoms with E-state index < -0.39 is 6.10 Å². The molecule has 2 heterocycles. The number of aromatic nitrogens is 3. The van der Waals surface area contributed by atoms with Gasteiger partial charge < -0.3 is 14.8 Å². The van der Waals surface area contributed by atoms with Crippen molar-refractivity contribution in [3.8, 4) is 5.75 Å². The summed E-state index contributed by atoms with van der Waals surface area (Å²) in [5.41, 5.74) is 2.64. The van der Waals surface area contributed by atoms with Crippen LogP contribution in [0.25, 0.3) is 11.0 Å². The zero-order valence-electron chi connectivity index (χ0n) is 11.7. The lowest BCUT2D eigenvalue weighted by Crippen LogP contribution is -1.92. The Balaban J connectivity index is 1.89. The molecule has 0 fully saturated rings. The molecule has 0 bridgehead atoms. The number of ether oxygens (including phenoxy) is 1. The summed E-state index contributed by atoms with van der Waals surface area (Å²) in [4.78, 5) is 12.0. The number of hydrogen-bond donors (Lipinski definition) is 2. The third-order valence-electron chi connectivity index (χ3n) is 3.11. The molecule has 1 aromatic carbocycles. The average Bonchev–Trinajstić information content (AvgIpc) is 2.88. The van der Waals surface area contributed by atoms with Crippen LogP contribution >= 0.6 is 11.8 Å². The number of pyridine rings is 1. The standard InChI is InChI=1S/C15H15N3O2S/c1-9(19)10-5-6-16-14(7-10)21-15-17-12-4-3-11(20-2)8-13(12)18-15/h3-9,19H,1-2H3,(H,17,18)/t9-/m1/s1. The molecule has 3 aromatic rings. The molecule has 1 atom stereocenters. The van der Waals surface area contributed by atoms with E-state index in [0.717, 1.165) is 32.5 Å². The number of aliphatic hydroxyl groups excluding tert-OH is 1. The van der Waals surface area contributed by atoms with Crippen LogP contribution in [0.4, 0.5) is 0 Å². The van der Waals surface area contributed by atoms with Crippen LogP contribution in [-0.4, -0.2) is 27.2 Å². The van der Waals surface area contributed by atoms with Crippen molar-refractivity contribution in [2.45, 2.75) is 23.2 Å². The first-order valence-corrected chi connectivity index (χ1v) is 7.33. The second-order valence-corrected chi connectivity index (χ2v) is 5.64. The lowest BCUT2D eigenvalue weighted by Gasteiger charge is -2.05. The number of hydrogen-bond acceptors (Lipinski definition) is 5. The van der Waals surface area contributed by atoms with Gasteiger partial charge in [-0.3, -0.25) is 0 Å². The number of aliphatic hydroxyl groups is 1. The van der Waals surface area contributed by atoms with Gasteiger partial charge in [-0.1, -0.05) is 0 Å². The summed E-state index contributed by atoms with van der Waals surface area (Å²) in [6, 6.07) is 9.37. The number of methoxy groups -OCH3 is 1. The van der Waals surface area contributed by atoms with E-state index in [1.165, 1.54) is 11.8 Å². The van der Waals surface area contributed by atoms with Crippen LogP contribution < -0.4 is 4.74 Å². The summed E-state index contributed by atoms with van der Waals surface area (Å²) in [7, 11) is 1.64. The van der Waals surface area contributed by atoms with Crippen LogP contribution in [0.3, 0.4) is 0 Å². The Morgan fingerprint density at radius 1 is 1.29 bits per heavy atom. The van der Waals surface area contributed by atoms with E-state index >= 15 is 0 Å².